The summed E-state index contributed by atoms with van der Waals surface area (Å²) in [7, 11) is 1.62. The molecule has 4 atom stereocenters. The van der Waals surface area contributed by atoms with E-state index in [4.69, 9.17) is 16.3 Å². The third kappa shape index (κ3) is 2.64. The average molecular weight is 387 g/mol. The summed E-state index contributed by atoms with van der Waals surface area (Å²) in [4.78, 5) is 17.6. The number of methoxy groups -OCH3 is 1. The largest absolute Gasteiger partial charge is 0.495 e. The second-order valence-corrected chi connectivity index (χ2v) is 8.92. The van der Waals surface area contributed by atoms with E-state index >= 15 is 0 Å². The summed E-state index contributed by atoms with van der Waals surface area (Å²) >= 11 is 6.00. The number of carbonyl (C=O) groups excluding carboxylic acids is 1. The van der Waals surface area contributed by atoms with Crippen LogP contribution in [0.3, 0.4) is 0 Å². The van der Waals surface area contributed by atoms with Gasteiger partial charge in [-0.3, -0.25) is 4.79 Å². The lowest BCUT2D eigenvalue weighted by molar-refractivity contribution is -0.150. The molecule has 0 saturated heterocycles. The molecule has 27 heavy (non-hydrogen) atoms. The van der Waals surface area contributed by atoms with E-state index in [1.807, 2.05) is 28.9 Å². The maximum atomic E-state index is 13.5. The van der Waals surface area contributed by atoms with E-state index in [9.17, 15) is 4.79 Å². The Morgan fingerprint density at radius 2 is 2.00 bits per heavy atom. The van der Waals surface area contributed by atoms with Gasteiger partial charge in [0.15, 0.2) is 0 Å². The number of hydrogen-bond donors (Lipinski definition) is 1. The topological polar surface area (TPSA) is 69.0 Å². The average Bonchev–Trinajstić information content (AvgIpc) is 3.08. The number of ether oxygens (including phenoxy) is 1. The predicted molar refractivity (Wildman–Crippen MR) is 102 cm³/mol. The molecule has 2 aromatic rings. The molecule has 6 nitrogen and oxygen atoms in total. The summed E-state index contributed by atoms with van der Waals surface area (Å²) in [6, 6.07) is 7.58. The summed E-state index contributed by atoms with van der Waals surface area (Å²) in [5, 5.41) is 7.86. The summed E-state index contributed by atoms with van der Waals surface area (Å²) in [5.74, 6) is 1.90. The third-order valence-corrected chi connectivity index (χ3v) is 6.99. The molecular weight excluding hydrogens is 364 g/mol. The van der Waals surface area contributed by atoms with Gasteiger partial charge in [0.05, 0.1) is 23.8 Å². The Kier molecular flexibility index (Phi) is 3.76. The molecule has 4 aliphatic rings. The van der Waals surface area contributed by atoms with Crippen molar-refractivity contribution < 1.29 is 9.53 Å². The Bertz CT molecular complexity index is 882. The fourth-order valence-electron chi connectivity index (χ4n) is 6.22. The normalized spacial score (nSPS) is 33.9. The number of amides is 1. The van der Waals surface area contributed by atoms with Gasteiger partial charge in [-0.2, -0.15) is 0 Å². The van der Waals surface area contributed by atoms with Crippen LogP contribution in [0.2, 0.25) is 5.28 Å². The van der Waals surface area contributed by atoms with Gasteiger partial charge < -0.3 is 10.1 Å². The maximum absolute atomic E-state index is 13.5. The van der Waals surface area contributed by atoms with Crippen LogP contribution in [0.15, 0.2) is 30.6 Å². The molecular formula is C20H23ClN4O2. The standard InChI is InChI=1S/C20H23ClN4O2/c1-27-16-5-3-2-4-15(16)23-17(26)19-7-13-6-14(8-19)10-20(9-13,11-19)25-12-22-18(21)24-25/h2-5,12-14H,6-11H2,1H3,(H,23,26)/t13-,14+,19?,20?. The number of nitrogens with zero attached hydrogens (tertiary/aromatic N) is 3. The Hall–Kier alpha value is -2.08. The van der Waals surface area contributed by atoms with Gasteiger partial charge >= 0.3 is 0 Å². The van der Waals surface area contributed by atoms with Gasteiger partial charge in [0.2, 0.25) is 11.2 Å². The first kappa shape index (κ1) is 17.0. The van der Waals surface area contributed by atoms with Crippen molar-refractivity contribution in [3.05, 3.63) is 35.9 Å². The van der Waals surface area contributed by atoms with Gasteiger partial charge in [-0.1, -0.05) is 12.1 Å². The lowest BCUT2D eigenvalue weighted by atomic mass is 9.46. The summed E-state index contributed by atoms with van der Waals surface area (Å²) in [6.45, 7) is 0. The zero-order chi connectivity index (χ0) is 18.6. The molecule has 7 heteroatoms. The number of carbonyl (C=O) groups is 1. The van der Waals surface area contributed by atoms with Crippen LogP contribution < -0.4 is 10.1 Å². The minimum atomic E-state index is -0.358. The molecule has 4 bridgehead atoms. The number of rotatable bonds is 4. The lowest BCUT2D eigenvalue weighted by Crippen LogP contribution is -2.60. The van der Waals surface area contributed by atoms with Crippen LogP contribution in [0, 0.1) is 17.3 Å². The highest BCUT2D eigenvalue weighted by Gasteiger charge is 2.61. The van der Waals surface area contributed by atoms with Crippen LogP contribution in [-0.2, 0) is 10.3 Å². The molecule has 0 radical (unpaired) electrons. The van der Waals surface area contributed by atoms with Crippen LogP contribution in [0.4, 0.5) is 5.69 Å². The van der Waals surface area contributed by atoms with Gasteiger partial charge in [0.1, 0.15) is 12.1 Å². The molecule has 1 aromatic heterocycles. The highest BCUT2D eigenvalue weighted by atomic mass is 35.5. The van der Waals surface area contributed by atoms with Crippen molar-refractivity contribution in [2.75, 3.05) is 12.4 Å². The fraction of sp³-hybridized carbons (Fsp3) is 0.550. The Balaban J connectivity index is 1.48. The smallest absolute Gasteiger partial charge is 0.242 e. The molecule has 4 fully saturated rings. The fourth-order valence-corrected chi connectivity index (χ4v) is 6.35. The first-order valence-electron chi connectivity index (χ1n) is 9.54. The highest BCUT2D eigenvalue weighted by molar-refractivity contribution is 6.28. The molecule has 1 heterocycles. The Morgan fingerprint density at radius 3 is 2.67 bits per heavy atom. The third-order valence-electron chi connectivity index (χ3n) is 6.82. The molecule has 1 amide bonds. The number of aromatic nitrogens is 3. The monoisotopic (exact) mass is 386 g/mol. The molecule has 4 aliphatic carbocycles. The van der Waals surface area contributed by atoms with E-state index < -0.39 is 0 Å². The number of nitrogens with one attached hydrogen (secondary N) is 1. The van der Waals surface area contributed by atoms with E-state index in [1.54, 1.807) is 13.4 Å². The molecule has 0 spiro atoms. The van der Waals surface area contributed by atoms with E-state index in [2.05, 4.69) is 15.4 Å². The Labute approximate surface area is 163 Å². The first-order valence-corrected chi connectivity index (χ1v) is 9.92. The number of anilines is 1. The van der Waals surface area contributed by atoms with Gasteiger partial charge in [-0.25, -0.2) is 9.67 Å². The molecule has 1 N–H and O–H groups in total. The van der Waals surface area contributed by atoms with E-state index in [0.717, 1.165) is 37.8 Å². The second-order valence-electron chi connectivity index (χ2n) is 8.58. The van der Waals surface area contributed by atoms with Gasteiger partial charge in [-0.05, 0) is 74.1 Å². The van der Waals surface area contributed by atoms with Gasteiger partial charge in [0.25, 0.3) is 0 Å². The van der Waals surface area contributed by atoms with E-state index in [0.29, 0.717) is 17.6 Å². The lowest BCUT2D eigenvalue weighted by Gasteiger charge is -2.60. The van der Waals surface area contributed by atoms with E-state index in [-0.39, 0.29) is 22.1 Å². The summed E-state index contributed by atoms with van der Waals surface area (Å²) in [5.41, 5.74) is 0.240. The van der Waals surface area contributed by atoms with Gasteiger partial charge in [0, 0.05) is 0 Å². The number of benzene rings is 1. The molecule has 4 saturated carbocycles. The number of halogens is 1. The zero-order valence-electron chi connectivity index (χ0n) is 15.3. The minimum Gasteiger partial charge on any atom is -0.495 e. The quantitative estimate of drug-likeness (QED) is 0.865. The second kappa shape index (κ2) is 5.96. The van der Waals surface area contributed by atoms with Crippen LogP contribution in [0.5, 0.6) is 5.75 Å². The van der Waals surface area contributed by atoms with Crippen molar-refractivity contribution in [3.8, 4) is 5.75 Å². The summed E-state index contributed by atoms with van der Waals surface area (Å²) < 4.78 is 7.35. The number of para-hydroxylation sites is 2. The van der Waals surface area contributed by atoms with Crippen LogP contribution in [-0.4, -0.2) is 27.8 Å². The van der Waals surface area contributed by atoms with E-state index in [1.165, 1.54) is 6.42 Å². The molecule has 0 aliphatic heterocycles. The van der Waals surface area contributed by atoms with Crippen molar-refractivity contribution in [2.45, 2.75) is 44.1 Å². The first-order chi connectivity index (χ1) is 13.0. The SMILES string of the molecule is COc1ccccc1NC(=O)C12C[C@H]3C[C@@H](C1)CC(n1cnc(Cl)n1)(C3)C2. The molecule has 1 aromatic carbocycles. The van der Waals surface area contributed by atoms with Crippen LogP contribution in [0.25, 0.3) is 0 Å². The minimum absolute atomic E-state index is 0.108. The van der Waals surface area contributed by atoms with Crippen molar-refractivity contribution in [3.63, 3.8) is 0 Å². The van der Waals surface area contributed by atoms with Crippen molar-refractivity contribution in [1.29, 1.82) is 0 Å². The zero-order valence-corrected chi connectivity index (χ0v) is 16.1. The molecule has 142 valence electrons. The maximum Gasteiger partial charge on any atom is 0.242 e. The summed E-state index contributed by atoms with van der Waals surface area (Å²) in [6.07, 6.45) is 7.78. The van der Waals surface area contributed by atoms with Crippen molar-refractivity contribution >= 4 is 23.2 Å². The van der Waals surface area contributed by atoms with Gasteiger partial charge in [-0.15, -0.1) is 5.10 Å². The molecule has 2 unspecified atom stereocenters. The molecule has 6 rings (SSSR count). The van der Waals surface area contributed by atoms with Crippen LogP contribution >= 0.6 is 11.6 Å². The Morgan fingerprint density at radius 1 is 1.26 bits per heavy atom. The van der Waals surface area contributed by atoms with Crippen LogP contribution in [0.1, 0.15) is 38.5 Å². The highest BCUT2D eigenvalue weighted by Crippen LogP contribution is 2.64. The van der Waals surface area contributed by atoms with Crippen molar-refractivity contribution in [2.24, 2.45) is 17.3 Å². The number of hydrogen-bond acceptors (Lipinski definition) is 4. The predicted octanol–water partition coefficient (Wildman–Crippen LogP) is 3.87. The van der Waals surface area contributed by atoms with Crippen molar-refractivity contribution in [1.82, 2.24) is 14.8 Å².